The van der Waals surface area contributed by atoms with Crippen molar-refractivity contribution < 1.29 is 5.11 Å². The predicted octanol–water partition coefficient (Wildman–Crippen LogP) is 1.70. The highest BCUT2D eigenvalue weighted by Crippen LogP contribution is 2.21. The molecule has 0 aromatic carbocycles. The van der Waals surface area contributed by atoms with Crippen molar-refractivity contribution in [3.05, 3.63) is 0 Å². The minimum Gasteiger partial charge on any atom is -0.375 e. The van der Waals surface area contributed by atoms with Crippen LogP contribution in [0.5, 0.6) is 0 Å². The molecule has 0 amide bonds. The van der Waals surface area contributed by atoms with Crippen LogP contribution < -0.4 is 5.32 Å². The lowest BCUT2D eigenvalue weighted by Gasteiger charge is -2.25. The van der Waals surface area contributed by atoms with Crippen LogP contribution in [0.1, 0.15) is 39.5 Å². The van der Waals surface area contributed by atoms with Crippen molar-refractivity contribution in [3.63, 3.8) is 0 Å². The zero-order chi connectivity index (χ0) is 10.6. The normalized spacial score (nSPS) is 33.9. The smallest absolute Gasteiger partial charge is 0.138 e. The Morgan fingerprint density at radius 3 is 2.64 bits per heavy atom. The Bertz CT molecular complexity index is 168. The number of unbranched alkanes of at least 4 members (excludes halogenated alkanes) is 1. The third kappa shape index (κ3) is 2.83. The molecule has 0 bridgehead atoms. The number of aliphatic hydroxyl groups is 1. The summed E-state index contributed by atoms with van der Waals surface area (Å²) in [7, 11) is 0. The molecule has 14 heavy (non-hydrogen) atoms. The molecular weight excluding hydrogens is 200 g/mol. The number of alkyl halides is 1. The van der Waals surface area contributed by atoms with Gasteiger partial charge < -0.3 is 5.11 Å². The van der Waals surface area contributed by atoms with Gasteiger partial charge in [0.25, 0.3) is 0 Å². The van der Waals surface area contributed by atoms with E-state index in [1.165, 1.54) is 12.8 Å². The topological polar surface area (TPSA) is 35.5 Å². The maximum absolute atomic E-state index is 9.79. The number of nitrogens with zero attached hydrogens (tertiary/aromatic N) is 1. The van der Waals surface area contributed by atoms with Gasteiger partial charge in [0.15, 0.2) is 0 Å². The first-order chi connectivity index (χ1) is 6.70. The van der Waals surface area contributed by atoms with Gasteiger partial charge >= 0.3 is 0 Å². The fraction of sp³-hybridized carbons (Fsp3) is 1.00. The van der Waals surface area contributed by atoms with E-state index >= 15 is 0 Å². The van der Waals surface area contributed by atoms with Crippen molar-refractivity contribution in [1.82, 2.24) is 10.2 Å². The van der Waals surface area contributed by atoms with Crippen molar-refractivity contribution in [1.29, 1.82) is 0 Å². The molecule has 3 unspecified atom stereocenters. The average molecular weight is 221 g/mol. The molecule has 1 aliphatic rings. The molecule has 0 aromatic heterocycles. The van der Waals surface area contributed by atoms with E-state index in [4.69, 9.17) is 11.6 Å². The van der Waals surface area contributed by atoms with Gasteiger partial charge in [0, 0.05) is 6.54 Å². The number of hydrogen-bond donors (Lipinski definition) is 2. The first-order valence-electron chi connectivity index (χ1n) is 5.54. The summed E-state index contributed by atoms with van der Waals surface area (Å²) in [4.78, 5) is 2.06. The van der Waals surface area contributed by atoms with E-state index in [1.807, 2.05) is 0 Å². The molecule has 1 heterocycles. The Morgan fingerprint density at radius 1 is 1.36 bits per heavy atom. The summed E-state index contributed by atoms with van der Waals surface area (Å²) in [6, 6.07) is 0. The van der Waals surface area contributed by atoms with Crippen molar-refractivity contribution in [3.8, 4) is 0 Å². The van der Waals surface area contributed by atoms with E-state index in [1.54, 1.807) is 0 Å². The molecule has 0 aliphatic carbocycles. The predicted molar refractivity (Wildman–Crippen MR) is 59.1 cm³/mol. The molecule has 0 saturated carbocycles. The van der Waals surface area contributed by atoms with Gasteiger partial charge in [-0.3, -0.25) is 10.2 Å². The van der Waals surface area contributed by atoms with Crippen molar-refractivity contribution in [2.75, 3.05) is 6.54 Å². The van der Waals surface area contributed by atoms with Gasteiger partial charge in [-0.05, 0) is 12.8 Å². The summed E-state index contributed by atoms with van der Waals surface area (Å²) in [6.07, 6.45) is 4.20. The van der Waals surface area contributed by atoms with Crippen molar-refractivity contribution in [2.45, 2.75) is 57.4 Å². The Hall–Kier alpha value is 0.170. The summed E-state index contributed by atoms with van der Waals surface area (Å²) in [6.45, 7) is 5.20. The van der Waals surface area contributed by atoms with E-state index in [9.17, 15) is 5.11 Å². The van der Waals surface area contributed by atoms with E-state index in [2.05, 4.69) is 24.1 Å². The fourth-order valence-corrected chi connectivity index (χ4v) is 2.20. The largest absolute Gasteiger partial charge is 0.375 e. The number of aliphatic hydroxyl groups excluding tert-OH is 1. The lowest BCUT2D eigenvalue weighted by Crippen LogP contribution is -2.39. The number of nitrogens with one attached hydrogen (secondary N) is 1. The minimum absolute atomic E-state index is 0.257. The van der Waals surface area contributed by atoms with Crippen LogP contribution in [-0.2, 0) is 0 Å². The molecule has 0 radical (unpaired) electrons. The van der Waals surface area contributed by atoms with Crippen LogP contribution in [0, 0.1) is 0 Å². The first-order valence-corrected chi connectivity index (χ1v) is 5.98. The van der Waals surface area contributed by atoms with Crippen molar-refractivity contribution >= 4 is 11.6 Å². The van der Waals surface area contributed by atoms with E-state index in [0.717, 1.165) is 19.4 Å². The van der Waals surface area contributed by atoms with E-state index < -0.39 is 6.23 Å². The van der Waals surface area contributed by atoms with Crippen LogP contribution in [0.3, 0.4) is 0 Å². The minimum atomic E-state index is -0.529. The molecule has 1 fully saturated rings. The summed E-state index contributed by atoms with van der Waals surface area (Å²) in [5.74, 6) is 0. The van der Waals surface area contributed by atoms with Crippen LogP contribution in [0.2, 0.25) is 0 Å². The molecule has 1 rings (SSSR count). The lowest BCUT2D eigenvalue weighted by molar-refractivity contribution is 0.0167. The fourth-order valence-electron chi connectivity index (χ4n) is 1.91. The lowest BCUT2D eigenvalue weighted by atomic mass is 10.2. The molecule has 1 aliphatic heterocycles. The second-order valence-electron chi connectivity index (χ2n) is 3.88. The van der Waals surface area contributed by atoms with Crippen LogP contribution in [-0.4, -0.2) is 34.4 Å². The Morgan fingerprint density at radius 2 is 2.07 bits per heavy atom. The van der Waals surface area contributed by atoms with Gasteiger partial charge in [0.1, 0.15) is 11.7 Å². The molecule has 0 aromatic rings. The van der Waals surface area contributed by atoms with Gasteiger partial charge in [0.05, 0.1) is 6.17 Å². The summed E-state index contributed by atoms with van der Waals surface area (Å²) >= 11 is 5.96. The summed E-state index contributed by atoms with van der Waals surface area (Å²) < 4.78 is 0. The highest BCUT2D eigenvalue weighted by molar-refractivity contribution is 6.20. The third-order valence-electron chi connectivity index (χ3n) is 2.67. The summed E-state index contributed by atoms with van der Waals surface area (Å²) in [5, 5.41) is 13.0. The molecule has 84 valence electrons. The van der Waals surface area contributed by atoms with E-state index in [0.29, 0.717) is 0 Å². The zero-order valence-electron chi connectivity index (χ0n) is 9.04. The molecule has 4 heteroatoms. The van der Waals surface area contributed by atoms with Crippen LogP contribution in [0.25, 0.3) is 0 Å². The Balaban J connectivity index is 2.46. The number of halogens is 1. The average Bonchev–Trinajstić information content (AvgIpc) is 2.43. The molecule has 1 saturated heterocycles. The van der Waals surface area contributed by atoms with E-state index in [-0.39, 0.29) is 11.7 Å². The van der Waals surface area contributed by atoms with Gasteiger partial charge in [-0.1, -0.05) is 26.7 Å². The van der Waals surface area contributed by atoms with Gasteiger partial charge in [-0.15, -0.1) is 11.6 Å². The molecule has 3 nitrogen and oxygen atoms in total. The molecule has 2 N–H and O–H groups in total. The quantitative estimate of drug-likeness (QED) is 0.547. The van der Waals surface area contributed by atoms with Gasteiger partial charge in [-0.2, -0.15) is 0 Å². The highest BCUT2D eigenvalue weighted by atomic mass is 35.5. The van der Waals surface area contributed by atoms with Crippen LogP contribution >= 0.6 is 11.6 Å². The monoisotopic (exact) mass is 220 g/mol. The SMILES string of the molecule is CCCCC1NC(Cl)C(O)N1CCC. The summed E-state index contributed by atoms with van der Waals surface area (Å²) in [5.41, 5.74) is -0.316. The third-order valence-corrected chi connectivity index (χ3v) is 3.02. The number of rotatable bonds is 5. The highest BCUT2D eigenvalue weighted by Gasteiger charge is 2.37. The molecule has 3 atom stereocenters. The Kier molecular flexibility index (Phi) is 5.17. The zero-order valence-corrected chi connectivity index (χ0v) is 9.80. The van der Waals surface area contributed by atoms with Crippen LogP contribution in [0.15, 0.2) is 0 Å². The maximum atomic E-state index is 9.79. The second-order valence-corrected chi connectivity index (χ2v) is 4.35. The molecular formula is C10H21ClN2O. The number of hydrogen-bond acceptors (Lipinski definition) is 3. The van der Waals surface area contributed by atoms with Gasteiger partial charge in [-0.25, -0.2) is 0 Å². The van der Waals surface area contributed by atoms with Crippen LogP contribution in [0.4, 0.5) is 0 Å². The standard InChI is InChI=1S/C10H21ClN2O/c1-3-5-6-8-12-9(11)10(14)13(8)7-4-2/h8-10,12,14H,3-7H2,1-2H3. The molecule has 0 spiro atoms. The maximum Gasteiger partial charge on any atom is 0.138 e. The Labute approximate surface area is 91.4 Å². The second kappa shape index (κ2) is 5.91. The van der Waals surface area contributed by atoms with Crippen molar-refractivity contribution in [2.24, 2.45) is 0 Å². The van der Waals surface area contributed by atoms with Gasteiger partial charge in [0.2, 0.25) is 0 Å². The first kappa shape index (κ1) is 12.2.